The Balaban J connectivity index is 1.73. The van der Waals surface area contributed by atoms with E-state index in [4.69, 9.17) is 0 Å². The van der Waals surface area contributed by atoms with Gasteiger partial charge in [0.25, 0.3) is 0 Å². The van der Waals surface area contributed by atoms with Crippen molar-refractivity contribution in [3.63, 3.8) is 0 Å². The van der Waals surface area contributed by atoms with Gasteiger partial charge in [0.05, 0.1) is 5.69 Å². The van der Waals surface area contributed by atoms with Crippen molar-refractivity contribution in [3.8, 4) is 0 Å². The Morgan fingerprint density at radius 1 is 1.50 bits per heavy atom. The molecule has 3 rings (SSSR count). The monoisotopic (exact) mass is 348 g/mol. The lowest BCUT2D eigenvalue weighted by Gasteiger charge is -2.22. The smallest absolute Gasteiger partial charge is 0.308 e. The van der Waals surface area contributed by atoms with Crippen molar-refractivity contribution >= 4 is 23.1 Å². The van der Waals surface area contributed by atoms with Crippen LogP contribution in [0.15, 0.2) is 10.9 Å². The number of aryl methyl sites for hydroxylation is 2. The van der Waals surface area contributed by atoms with Gasteiger partial charge in [0, 0.05) is 23.7 Å². The first-order valence-corrected chi connectivity index (χ1v) is 9.31. The lowest BCUT2D eigenvalue weighted by atomic mass is 9.88. The van der Waals surface area contributed by atoms with Crippen LogP contribution in [0.4, 0.5) is 5.82 Å². The van der Waals surface area contributed by atoms with Crippen molar-refractivity contribution < 1.29 is 4.79 Å². The number of rotatable bonds is 5. The van der Waals surface area contributed by atoms with Crippen LogP contribution in [0.25, 0.3) is 0 Å². The summed E-state index contributed by atoms with van der Waals surface area (Å²) in [7, 11) is 1.79. The van der Waals surface area contributed by atoms with Crippen LogP contribution in [-0.2, 0) is 31.2 Å². The van der Waals surface area contributed by atoms with Gasteiger partial charge in [-0.25, -0.2) is 0 Å². The van der Waals surface area contributed by atoms with E-state index in [1.807, 2.05) is 13.0 Å². The molecule has 1 amide bonds. The van der Waals surface area contributed by atoms with Crippen LogP contribution in [0.5, 0.6) is 0 Å². The van der Waals surface area contributed by atoms with Gasteiger partial charge in [-0.05, 0) is 32.1 Å². The molecule has 1 atom stereocenters. The molecule has 0 aromatic carbocycles. The summed E-state index contributed by atoms with van der Waals surface area (Å²) < 4.78 is 3.29. The average Bonchev–Trinajstić information content (AvgIpc) is 2.99. The Morgan fingerprint density at radius 3 is 2.96 bits per heavy atom. The Morgan fingerprint density at radius 2 is 2.29 bits per heavy atom. The third-order valence-electron chi connectivity index (χ3n) is 4.61. The SMILES string of the molecule is CCCC1CCc2c(sc(=O)n2CC(=O)Nc2cc(C)nn2C)C1. The van der Waals surface area contributed by atoms with E-state index < -0.39 is 0 Å². The summed E-state index contributed by atoms with van der Waals surface area (Å²) in [4.78, 5) is 25.8. The molecule has 1 aliphatic carbocycles. The highest BCUT2D eigenvalue weighted by molar-refractivity contribution is 7.09. The van der Waals surface area contributed by atoms with Crippen molar-refractivity contribution in [2.45, 2.75) is 52.5 Å². The summed E-state index contributed by atoms with van der Waals surface area (Å²) in [6.07, 6.45) is 5.39. The number of carbonyl (C=O) groups excluding carboxylic acids is 1. The molecule has 130 valence electrons. The highest BCUT2D eigenvalue weighted by atomic mass is 32.1. The van der Waals surface area contributed by atoms with E-state index in [0.717, 1.165) is 30.7 Å². The Hall–Kier alpha value is -1.89. The van der Waals surface area contributed by atoms with Crippen LogP contribution in [0.1, 0.15) is 42.5 Å². The lowest BCUT2D eigenvalue weighted by Crippen LogP contribution is -2.27. The van der Waals surface area contributed by atoms with E-state index in [0.29, 0.717) is 11.7 Å². The van der Waals surface area contributed by atoms with Crippen molar-refractivity contribution in [2.75, 3.05) is 5.32 Å². The van der Waals surface area contributed by atoms with Gasteiger partial charge in [-0.3, -0.25) is 18.8 Å². The molecule has 7 heteroatoms. The van der Waals surface area contributed by atoms with E-state index in [1.165, 1.54) is 29.1 Å². The number of aromatic nitrogens is 3. The molecule has 1 N–H and O–H groups in total. The molecule has 0 saturated heterocycles. The minimum atomic E-state index is -0.184. The Labute approximate surface area is 145 Å². The van der Waals surface area contributed by atoms with Gasteiger partial charge >= 0.3 is 4.87 Å². The van der Waals surface area contributed by atoms with Crippen molar-refractivity contribution in [3.05, 3.63) is 32.0 Å². The number of amides is 1. The van der Waals surface area contributed by atoms with Crippen LogP contribution < -0.4 is 10.2 Å². The van der Waals surface area contributed by atoms with Crippen molar-refractivity contribution in [1.82, 2.24) is 14.3 Å². The number of fused-ring (bicyclic) bond motifs is 1. The summed E-state index contributed by atoms with van der Waals surface area (Å²) in [6, 6.07) is 1.82. The van der Waals surface area contributed by atoms with Crippen LogP contribution in [0.2, 0.25) is 0 Å². The fourth-order valence-electron chi connectivity index (χ4n) is 3.49. The number of nitrogens with one attached hydrogen (secondary N) is 1. The molecule has 0 aliphatic heterocycles. The molecule has 0 fully saturated rings. The number of hydrogen-bond donors (Lipinski definition) is 1. The van der Waals surface area contributed by atoms with Gasteiger partial charge in [0.15, 0.2) is 0 Å². The highest BCUT2D eigenvalue weighted by Gasteiger charge is 2.24. The van der Waals surface area contributed by atoms with Crippen molar-refractivity contribution in [2.24, 2.45) is 13.0 Å². The van der Waals surface area contributed by atoms with E-state index in [1.54, 1.807) is 16.3 Å². The second-order valence-electron chi connectivity index (χ2n) is 6.56. The van der Waals surface area contributed by atoms with Gasteiger partial charge in [-0.1, -0.05) is 31.1 Å². The molecule has 2 aromatic heterocycles. The Bertz CT molecular complexity index is 802. The summed E-state index contributed by atoms with van der Waals surface area (Å²) in [5, 5.41) is 7.05. The minimum Gasteiger partial charge on any atom is -0.309 e. The minimum absolute atomic E-state index is 0.0199. The lowest BCUT2D eigenvalue weighted by molar-refractivity contribution is -0.116. The fraction of sp³-hybridized carbons (Fsp3) is 0.588. The van der Waals surface area contributed by atoms with E-state index >= 15 is 0 Å². The third-order valence-corrected chi connectivity index (χ3v) is 5.65. The first-order chi connectivity index (χ1) is 11.5. The summed E-state index contributed by atoms with van der Waals surface area (Å²) in [5.74, 6) is 1.15. The maximum absolute atomic E-state index is 12.3. The molecule has 0 radical (unpaired) electrons. The fourth-order valence-corrected chi connectivity index (χ4v) is 4.63. The average molecular weight is 348 g/mol. The zero-order valence-corrected chi connectivity index (χ0v) is 15.3. The quantitative estimate of drug-likeness (QED) is 0.902. The zero-order valence-electron chi connectivity index (χ0n) is 14.5. The normalized spacial score (nSPS) is 16.9. The molecule has 1 unspecified atom stereocenters. The number of anilines is 1. The van der Waals surface area contributed by atoms with Crippen LogP contribution in [0.3, 0.4) is 0 Å². The molecule has 2 heterocycles. The number of nitrogens with zero attached hydrogens (tertiary/aromatic N) is 3. The van der Waals surface area contributed by atoms with Crippen LogP contribution in [-0.4, -0.2) is 20.3 Å². The molecular weight excluding hydrogens is 324 g/mol. The van der Waals surface area contributed by atoms with Gasteiger partial charge in [0.1, 0.15) is 12.4 Å². The maximum atomic E-state index is 12.3. The molecule has 24 heavy (non-hydrogen) atoms. The third kappa shape index (κ3) is 3.45. The molecule has 0 saturated carbocycles. The topological polar surface area (TPSA) is 68.9 Å². The highest BCUT2D eigenvalue weighted by Crippen LogP contribution is 2.30. The second kappa shape index (κ2) is 6.93. The Kier molecular flexibility index (Phi) is 4.89. The van der Waals surface area contributed by atoms with Gasteiger partial charge in [0.2, 0.25) is 5.91 Å². The second-order valence-corrected chi connectivity index (χ2v) is 7.61. The predicted molar refractivity (Wildman–Crippen MR) is 95.6 cm³/mol. The standard InChI is InChI=1S/C17H24N4O2S/c1-4-5-12-6-7-13-14(9-12)24-17(23)21(13)10-16(22)18-15-8-11(2)19-20(15)3/h8,12H,4-7,9-10H2,1-3H3,(H,18,22). The predicted octanol–water partition coefficient (Wildman–Crippen LogP) is 2.50. The molecule has 6 nitrogen and oxygen atoms in total. The molecular formula is C17H24N4O2S. The van der Waals surface area contributed by atoms with Crippen molar-refractivity contribution in [1.29, 1.82) is 0 Å². The molecule has 1 aliphatic rings. The molecule has 2 aromatic rings. The van der Waals surface area contributed by atoms with E-state index in [2.05, 4.69) is 17.3 Å². The van der Waals surface area contributed by atoms with E-state index in [-0.39, 0.29) is 17.3 Å². The number of thiazole rings is 1. The van der Waals surface area contributed by atoms with Gasteiger partial charge < -0.3 is 5.32 Å². The van der Waals surface area contributed by atoms with Gasteiger partial charge in [-0.2, -0.15) is 5.10 Å². The largest absolute Gasteiger partial charge is 0.309 e. The zero-order chi connectivity index (χ0) is 17.3. The molecule has 0 bridgehead atoms. The van der Waals surface area contributed by atoms with E-state index in [9.17, 15) is 9.59 Å². The maximum Gasteiger partial charge on any atom is 0.308 e. The first kappa shape index (κ1) is 17.0. The summed E-state index contributed by atoms with van der Waals surface area (Å²) in [5.41, 5.74) is 1.91. The number of hydrogen-bond acceptors (Lipinski definition) is 4. The summed E-state index contributed by atoms with van der Waals surface area (Å²) in [6.45, 7) is 4.16. The van der Waals surface area contributed by atoms with Gasteiger partial charge in [-0.15, -0.1) is 0 Å². The first-order valence-electron chi connectivity index (χ1n) is 8.49. The van der Waals surface area contributed by atoms with Crippen LogP contribution >= 0.6 is 11.3 Å². The molecule has 0 spiro atoms. The number of carbonyl (C=O) groups is 1. The summed E-state index contributed by atoms with van der Waals surface area (Å²) >= 11 is 1.31. The van der Waals surface area contributed by atoms with Crippen LogP contribution in [0, 0.1) is 12.8 Å².